The van der Waals surface area contributed by atoms with Gasteiger partial charge in [0.1, 0.15) is 0 Å². The van der Waals surface area contributed by atoms with Crippen LogP contribution in [0.25, 0.3) is 22.4 Å². The van der Waals surface area contributed by atoms with Gasteiger partial charge in [-0.05, 0) is 56.0 Å². The maximum Gasteiger partial charge on any atom is 0.0839 e. The van der Waals surface area contributed by atoms with E-state index in [1.54, 1.807) is 0 Å². The van der Waals surface area contributed by atoms with E-state index in [4.69, 9.17) is 4.98 Å². The zero-order chi connectivity index (χ0) is 31.8. The third kappa shape index (κ3) is 5.28. The summed E-state index contributed by atoms with van der Waals surface area (Å²) in [5.74, 6) is 0. The molecule has 0 unspecified atom stereocenters. The summed E-state index contributed by atoms with van der Waals surface area (Å²) in [4.78, 5) is 13.8. The van der Waals surface area contributed by atoms with Crippen LogP contribution >= 0.6 is 0 Å². The molecule has 5 aromatic carbocycles. The quantitative estimate of drug-likeness (QED) is 0.167. The fraction of sp³-hybridized carbons (Fsp3) is 0.0714. The molecule has 9 rings (SSSR count). The molecule has 1 aliphatic carbocycles. The van der Waals surface area contributed by atoms with Crippen LogP contribution in [0, 0.1) is 31.5 Å². The van der Waals surface area contributed by atoms with Crippen molar-refractivity contribution in [3.63, 3.8) is 0 Å². The molecular weight excluding hydrogens is 767 g/mol. The number of rotatable bonds is 4. The molecule has 0 bridgehead atoms. The number of anilines is 3. The second kappa shape index (κ2) is 13.2. The van der Waals surface area contributed by atoms with Crippen molar-refractivity contribution in [3.8, 4) is 22.4 Å². The van der Waals surface area contributed by atoms with Gasteiger partial charge in [-0.25, -0.2) is 0 Å². The van der Waals surface area contributed by atoms with Gasteiger partial charge in [0, 0.05) is 31.5 Å². The first-order valence-corrected chi connectivity index (χ1v) is 15.7. The number of aromatic nitrogens is 1. The number of para-hydroxylation sites is 3. The second-order valence-corrected chi connectivity index (χ2v) is 11.7. The molecule has 6 heteroatoms. The van der Waals surface area contributed by atoms with Crippen molar-refractivity contribution in [2.45, 2.75) is 5.54 Å². The van der Waals surface area contributed by atoms with Gasteiger partial charge in [0.05, 0.1) is 11.2 Å². The number of pyridine rings is 1. The number of benzene rings is 5. The molecule has 3 aliphatic rings. The fourth-order valence-electron chi connectivity index (χ4n) is 6.77. The minimum absolute atomic E-state index is 0. The third-order valence-corrected chi connectivity index (χ3v) is 8.85. The van der Waals surface area contributed by atoms with Gasteiger partial charge in [0.25, 0.3) is 0 Å². The standard InChI is InChI=1S/C28H20N3.C14H12N2.Ir/c1-30-18-19-31(20-30)28(27-17-9-16-26(29-27)21-10-3-2-4-11-21)24-14-7-5-12-22(24)23-13-6-8-15-25(23)28;1-15-11-16(12-7-3-2-4-8-12)14-10-6-5-9-13(14)15;/h2-10,12-14,16-20H,1H3;2-7,9-11H,1H3;/q-3;-2;/t28-;;/m1../s1. The molecule has 239 valence electrons. The van der Waals surface area contributed by atoms with Crippen LogP contribution < -0.4 is 9.80 Å². The minimum Gasteiger partial charge on any atom is -0.511 e. The third-order valence-electron chi connectivity index (χ3n) is 8.85. The van der Waals surface area contributed by atoms with Gasteiger partial charge in [-0.2, -0.15) is 67.9 Å². The van der Waals surface area contributed by atoms with E-state index < -0.39 is 5.54 Å². The Labute approximate surface area is 296 Å². The second-order valence-electron chi connectivity index (χ2n) is 11.7. The molecule has 0 saturated carbocycles. The molecule has 1 aromatic heterocycles. The largest absolute Gasteiger partial charge is 0.511 e. The van der Waals surface area contributed by atoms with Crippen LogP contribution in [-0.2, 0) is 25.6 Å². The van der Waals surface area contributed by atoms with Gasteiger partial charge < -0.3 is 19.6 Å². The van der Waals surface area contributed by atoms with E-state index in [2.05, 4.69) is 162 Å². The number of fused-ring (bicyclic) bond motifs is 4. The number of hydrogen-bond donors (Lipinski definition) is 0. The van der Waals surface area contributed by atoms with Crippen LogP contribution in [0.4, 0.5) is 17.1 Å². The van der Waals surface area contributed by atoms with Gasteiger partial charge in [0.2, 0.25) is 0 Å². The average Bonchev–Trinajstić information content (AvgIpc) is 3.82. The molecule has 1 radical (unpaired) electrons. The first kappa shape index (κ1) is 31.4. The Balaban J connectivity index is 0.000000181. The minimum atomic E-state index is -0.598. The fourth-order valence-corrected chi connectivity index (χ4v) is 6.77. The molecule has 1 atom stereocenters. The summed E-state index contributed by atoms with van der Waals surface area (Å²) < 4.78 is 0. The van der Waals surface area contributed by atoms with Crippen molar-refractivity contribution in [2.24, 2.45) is 0 Å². The Hall–Kier alpha value is -5.16. The smallest absolute Gasteiger partial charge is 0.0839 e. The van der Waals surface area contributed by atoms with Crippen LogP contribution in [0.5, 0.6) is 0 Å². The van der Waals surface area contributed by atoms with Crippen LogP contribution in [0.15, 0.2) is 146 Å². The van der Waals surface area contributed by atoms with Gasteiger partial charge in [-0.15, -0.1) is 52.7 Å². The van der Waals surface area contributed by atoms with Crippen LogP contribution in [0.3, 0.4) is 0 Å². The van der Waals surface area contributed by atoms with E-state index in [-0.39, 0.29) is 20.1 Å². The molecule has 2 aliphatic heterocycles. The van der Waals surface area contributed by atoms with Crippen molar-refractivity contribution < 1.29 is 20.1 Å². The molecular formula is C42H32IrN5-5. The SMILES string of the molecule is CN1C=CN([C@@]2(c3cccc(-c4[c-]cccc4)n3)c3[c-]cccc3-c3ccccc32)[CH-]1.CN1[CH-]N(c2[c-]cccc2)c2ccccc21.[Ir]. The molecule has 48 heavy (non-hydrogen) atoms. The summed E-state index contributed by atoms with van der Waals surface area (Å²) in [5.41, 5.74) is 10.5. The summed E-state index contributed by atoms with van der Waals surface area (Å²) in [6.45, 7) is 4.20. The van der Waals surface area contributed by atoms with Crippen molar-refractivity contribution in [3.05, 3.63) is 194 Å². The average molecular weight is 799 g/mol. The molecule has 0 amide bonds. The summed E-state index contributed by atoms with van der Waals surface area (Å²) in [6.07, 6.45) is 4.19. The first-order valence-electron chi connectivity index (χ1n) is 15.7. The Morgan fingerprint density at radius 2 is 1.35 bits per heavy atom. The van der Waals surface area contributed by atoms with Crippen molar-refractivity contribution in [1.82, 2.24) is 14.8 Å². The Morgan fingerprint density at radius 1 is 0.625 bits per heavy atom. The number of hydrogen-bond acceptors (Lipinski definition) is 5. The summed E-state index contributed by atoms with van der Waals surface area (Å²) in [6, 6.07) is 55.6. The van der Waals surface area contributed by atoms with E-state index in [1.807, 2.05) is 49.5 Å². The monoisotopic (exact) mass is 799 g/mol. The van der Waals surface area contributed by atoms with E-state index >= 15 is 0 Å². The van der Waals surface area contributed by atoms with E-state index in [0.717, 1.165) is 28.2 Å². The topological polar surface area (TPSA) is 25.9 Å². The van der Waals surface area contributed by atoms with Gasteiger partial charge >= 0.3 is 0 Å². The van der Waals surface area contributed by atoms with E-state index in [1.165, 1.54) is 28.1 Å². The summed E-state index contributed by atoms with van der Waals surface area (Å²) >= 11 is 0. The first-order chi connectivity index (χ1) is 23.1. The summed E-state index contributed by atoms with van der Waals surface area (Å²) in [5, 5.41) is 0. The molecule has 5 nitrogen and oxygen atoms in total. The van der Waals surface area contributed by atoms with E-state index in [9.17, 15) is 0 Å². The zero-order valence-corrected chi connectivity index (χ0v) is 29.0. The Morgan fingerprint density at radius 3 is 2.12 bits per heavy atom. The molecule has 0 fully saturated rings. The maximum absolute atomic E-state index is 5.20. The Kier molecular flexibility index (Phi) is 8.61. The van der Waals surface area contributed by atoms with Crippen LogP contribution in [0.1, 0.15) is 16.8 Å². The summed E-state index contributed by atoms with van der Waals surface area (Å²) in [7, 11) is 4.10. The van der Waals surface area contributed by atoms with Crippen LogP contribution in [0.2, 0.25) is 0 Å². The Bertz CT molecular complexity index is 2020. The molecule has 0 N–H and O–H groups in total. The normalized spacial score (nSPS) is 16.9. The maximum atomic E-state index is 5.20. The molecule has 0 spiro atoms. The molecule has 3 heterocycles. The van der Waals surface area contributed by atoms with Crippen molar-refractivity contribution in [2.75, 3.05) is 23.9 Å². The number of nitrogens with zero attached hydrogens (tertiary/aromatic N) is 5. The predicted octanol–water partition coefficient (Wildman–Crippen LogP) is 8.65. The van der Waals surface area contributed by atoms with Gasteiger partial charge in [-0.3, -0.25) is 4.98 Å². The molecule has 0 saturated heterocycles. The van der Waals surface area contributed by atoms with Gasteiger partial charge in [-0.1, -0.05) is 54.1 Å². The van der Waals surface area contributed by atoms with Crippen molar-refractivity contribution >= 4 is 17.1 Å². The predicted molar refractivity (Wildman–Crippen MR) is 189 cm³/mol. The van der Waals surface area contributed by atoms with Gasteiger partial charge in [0.15, 0.2) is 0 Å². The van der Waals surface area contributed by atoms with Crippen molar-refractivity contribution in [1.29, 1.82) is 0 Å². The zero-order valence-electron chi connectivity index (χ0n) is 26.6. The van der Waals surface area contributed by atoms with Crippen LogP contribution in [-0.4, -0.2) is 28.9 Å². The van der Waals surface area contributed by atoms with E-state index in [0.29, 0.717) is 0 Å². The molecule has 6 aromatic rings.